The third kappa shape index (κ3) is 7.06. The molecule has 3 amide bonds. The van der Waals surface area contributed by atoms with Crippen LogP contribution in [0, 0.1) is 12.8 Å². The van der Waals surface area contributed by atoms with E-state index in [1.165, 1.54) is 22.3 Å². The van der Waals surface area contributed by atoms with Crippen LogP contribution in [0.15, 0.2) is 30.2 Å². The number of benzene rings is 1. The Morgan fingerprint density at radius 2 is 1.87 bits per heavy atom. The third-order valence-electron chi connectivity index (χ3n) is 9.91. The second-order valence-corrected chi connectivity index (χ2v) is 18.4. The number of carbonyl (C=O) groups is 3. The number of nitrogens with zero attached hydrogens (tertiary/aromatic N) is 4. The monoisotopic (exact) mass is 754 g/mol. The van der Waals surface area contributed by atoms with E-state index in [0.29, 0.717) is 40.3 Å². The molecular formula is C36H46N6O8S2. The SMILES string of the molecule is C=C[C@@H]1C[C@]1(NC(=O)[C@@H]1C[C@@H](Oc2nc(-c3nc(C(C)C)cs3)nc3c(C)c(OC)ccc23)CN1C(=O)OC(C)(C)C)C(=O)NS(=O)(=O)C1(C)CC1. The van der Waals surface area contributed by atoms with Gasteiger partial charge in [-0.15, -0.1) is 17.9 Å². The van der Waals surface area contributed by atoms with Crippen molar-refractivity contribution in [2.24, 2.45) is 5.92 Å². The van der Waals surface area contributed by atoms with Gasteiger partial charge >= 0.3 is 6.09 Å². The smallest absolute Gasteiger partial charge is 0.411 e. The molecule has 3 fully saturated rings. The van der Waals surface area contributed by atoms with Crippen molar-refractivity contribution < 1.29 is 37.0 Å². The van der Waals surface area contributed by atoms with Crippen molar-refractivity contribution in [2.45, 2.75) is 108 Å². The van der Waals surface area contributed by atoms with E-state index in [2.05, 4.69) is 30.5 Å². The molecule has 4 atom stereocenters. The van der Waals surface area contributed by atoms with Gasteiger partial charge in [0.1, 0.15) is 29.0 Å². The van der Waals surface area contributed by atoms with E-state index in [1.54, 1.807) is 46.9 Å². The number of methoxy groups -OCH3 is 1. The molecule has 1 aromatic carbocycles. The third-order valence-corrected chi connectivity index (χ3v) is 12.9. The van der Waals surface area contributed by atoms with E-state index in [9.17, 15) is 22.8 Å². The largest absolute Gasteiger partial charge is 0.496 e. The average Bonchev–Trinajstić information content (AvgIpc) is 3.84. The van der Waals surface area contributed by atoms with Gasteiger partial charge in [0.05, 0.1) is 35.0 Å². The predicted octanol–water partition coefficient (Wildman–Crippen LogP) is 5.01. The fraction of sp³-hybridized carbons (Fsp3) is 0.556. The number of carbonyl (C=O) groups excluding carboxylic acids is 3. The first-order chi connectivity index (χ1) is 24.3. The number of hydrogen-bond donors (Lipinski definition) is 2. The maximum absolute atomic E-state index is 14.1. The molecule has 0 radical (unpaired) electrons. The van der Waals surface area contributed by atoms with E-state index >= 15 is 0 Å². The molecule has 2 aliphatic carbocycles. The highest BCUT2D eigenvalue weighted by Crippen LogP contribution is 2.47. The highest BCUT2D eigenvalue weighted by Gasteiger charge is 2.63. The lowest BCUT2D eigenvalue weighted by atomic mass is 10.1. The summed E-state index contributed by atoms with van der Waals surface area (Å²) in [6, 6.07) is 2.48. The van der Waals surface area contributed by atoms with Gasteiger partial charge in [-0.25, -0.2) is 23.2 Å². The standard InChI is InChI=1S/C36H46N6O8S2/c1-10-21-16-36(21,32(44)41-52(46,47)35(8)13-14-35)40-29(43)25-15-22(17-42(25)33(45)50-34(5,6)7)49-30-23-11-12-26(48-9)20(4)27(23)38-28(39-30)31-37-24(18-51-31)19(2)3/h10-12,18-19,21-22,25H,1,13-17H2,2-9H3,(H,40,43)(H,41,44)/t21-,22-,25+,36-/m1/s1. The Morgan fingerprint density at radius 3 is 2.44 bits per heavy atom. The molecule has 3 aromatic rings. The van der Waals surface area contributed by atoms with Crippen LogP contribution in [0.5, 0.6) is 11.6 Å². The summed E-state index contributed by atoms with van der Waals surface area (Å²) >= 11 is 1.42. The van der Waals surface area contributed by atoms with E-state index in [1.807, 2.05) is 12.3 Å². The number of aromatic nitrogens is 3. The molecule has 280 valence electrons. The number of aryl methyl sites for hydroxylation is 1. The maximum Gasteiger partial charge on any atom is 0.411 e. The molecule has 16 heteroatoms. The summed E-state index contributed by atoms with van der Waals surface area (Å²) in [5.41, 5.74) is -0.120. The van der Waals surface area contributed by atoms with Crippen molar-refractivity contribution in [3.63, 3.8) is 0 Å². The van der Waals surface area contributed by atoms with Gasteiger partial charge in [0.15, 0.2) is 10.8 Å². The summed E-state index contributed by atoms with van der Waals surface area (Å²) in [5.74, 6) is -0.544. The number of nitrogens with one attached hydrogen (secondary N) is 2. The fourth-order valence-corrected chi connectivity index (χ4v) is 8.50. The van der Waals surface area contributed by atoms with Crippen molar-refractivity contribution in [2.75, 3.05) is 13.7 Å². The lowest BCUT2D eigenvalue weighted by Gasteiger charge is -2.29. The predicted molar refractivity (Wildman–Crippen MR) is 196 cm³/mol. The van der Waals surface area contributed by atoms with Crippen LogP contribution in [-0.2, 0) is 24.3 Å². The maximum atomic E-state index is 14.1. The van der Waals surface area contributed by atoms with Crippen molar-refractivity contribution in [3.8, 4) is 22.5 Å². The molecule has 0 bridgehead atoms. The van der Waals surface area contributed by atoms with Crippen LogP contribution in [-0.4, -0.2) is 87.9 Å². The Hall–Kier alpha value is -4.31. The Kier molecular flexibility index (Phi) is 9.56. The number of rotatable bonds is 11. The Bertz CT molecular complexity index is 2050. The number of fused-ring (bicyclic) bond motifs is 1. The van der Waals surface area contributed by atoms with Crippen LogP contribution in [0.4, 0.5) is 4.79 Å². The summed E-state index contributed by atoms with van der Waals surface area (Å²) in [6.07, 6.45) is 1.11. The second kappa shape index (κ2) is 13.3. The number of likely N-dealkylation sites (tertiary alicyclic amines) is 1. The van der Waals surface area contributed by atoms with Crippen LogP contribution in [0.1, 0.15) is 84.4 Å². The van der Waals surface area contributed by atoms with Crippen molar-refractivity contribution >= 4 is 50.2 Å². The summed E-state index contributed by atoms with van der Waals surface area (Å²) < 4.78 is 44.9. The van der Waals surface area contributed by atoms with E-state index in [4.69, 9.17) is 29.2 Å². The lowest BCUT2D eigenvalue weighted by Crippen LogP contribution is -2.57. The number of sulfonamides is 1. The molecule has 3 aliphatic rings. The molecule has 1 saturated heterocycles. The molecule has 6 rings (SSSR count). The summed E-state index contributed by atoms with van der Waals surface area (Å²) in [6.45, 7) is 16.5. The van der Waals surface area contributed by atoms with E-state index < -0.39 is 61.9 Å². The van der Waals surface area contributed by atoms with Gasteiger partial charge in [-0.3, -0.25) is 19.2 Å². The molecular weight excluding hydrogens is 709 g/mol. The van der Waals surface area contributed by atoms with Gasteiger partial charge in [-0.2, -0.15) is 4.98 Å². The van der Waals surface area contributed by atoms with Gasteiger partial charge in [-0.05, 0) is 71.9 Å². The summed E-state index contributed by atoms with van der Waals surface area (Å²) in [7, 11) is -2.39. The van der Waals surface area contributed by atoms with Crippen LogP contribution in [0.3, 0.4) is 0 Å². The fourth-order valence-electron chi connectivity index (χ4n) is 6.28. The quantitative estimate of drug-likeness (QED) is 0.252. The molecule has 1 aliphatic heterocycles. The Morgan fingerprint density at radius 1 is 1.15 bits per heavy atom. The number of ether oxygens (including phenoxy) is 3. The van der Waals surface area contributed by atoms with Crippen molar-refractivity contribution in [3.05, 3.63) is 41.4 Å². The zero-order valence-corrected chi connectivity index (χ0v) is 32.4. The van der Waals surface area contributed by atoms with E-state index in [-0.39, 0.29) is 31.2 Å². The van der Waals surface area contributed by atoms with Crippen LogP contribution < -0.4 is 19.5 Å². The highest BCUT2D eigenvalue weighted by molar-refractivity contribution is 7.91. The first kappa shape index (κ1) is 37.4. The molecule has 2 saturated carbocycles. The molecule has 52 heavy (non-hydrogen) atoms. The minimum atomic E-state index is -3.97. The van der Waals surface area contributed by atoms with Crippen LogP contribution >= 0.6 is 11.3 Å². The van der Waals surface area contributed by atoms with Gasteiger partial charge in [0.2, 0.25) is 21.8 Å². The summed E-state index contributed by atoms with van der Waals surface area (Å²) in [4.78, 5) is 56.9. The zero-order chi connectivity index (χ0) is 38.0. The lowest BCUT2D eigenvalue weighted by molar-refractivity contribution is -0.131. The van der Waals surface area contributed by atoms with Gasteiger partial charge < -0.3 is 19.5 Å². The number of thiazole rings is 1. The molecule has 3 heterocycles. The molecule has 2 N–H and O–H groups in total. The Balaban J connectivity index is 1.31. The van der Waals surface area contributed by atoms with Crippen molar-refractivity contribution in [1.82, 2.24) is 29.9 Å². The average molecular weight is 755 g/mol. The van der Waals surface area contributed by atoms with Gasteiger partial charge in [0, 0.05) is 23.3 Å². The van der Waals surface area contributed by atoms with E-state index in [0.717, 1.165) is 11.3 Å². The second-order valence-electron chi connectivity index (χ2n) is 15.4. The topological polar surface area (TPSA) is 179 Å². The van der Waals surface area contributed by atoms with Crippen LogP contribution in [0.2, 0.25) is 0 Å². The van der Waals surface area contributed by atoms with Gasteiger partial charge in [-0.1, -0.05) is 19.9 Å². The minimum Gasteiger partial charge on any atom is -0.496 e. The normalized spacial score (nSPS) is 23.6. The minimum absolute atomic E-state index is 0.0304. The Labute approximate surface area is 307 Å². The highest BCUT2D eigenvalue weighted by atomic mass is 32.2. The van der Waals surface area contributed by atoms with Gasteiger partial charge in [0.25, 0.3) is 5.91 Å². The first-order valence-corrected chi connectivity index (χ1v) is 19.7. The molecule has 0 spiro atoms. The first-order valence-electron chi connectivity index (χ1n) is 17.3. The molecule has 14 nitrogen and oxygen atoms in total. The summed E-state index contributed by atoms with van der Waals surface area (Å²) in [5, 5.41) is 5.97. The number of amides is 3. The molecule has 2 aromatic heterocycles. The number of hydrogen-bond acceptors (Lipinski definition) is 12. The zero-order valence-electron chi connectivity index (χ0n) is 30.7. The molecule has 0 unspecified atom stereocenters. The van der Waals surface area contributed by atoms with Crippen molar-refractivity contribution in [1.29, 1.82) is 0 Å². The van der Waals surface area contributed by atoms with Crippen LogP contribution in [0.25, 0.3) is 21.7 Å².